The number of hydrogen-bond acceptors (Lipinski definition) is 5. The van der Waals surface area contributed by atoms with Gasteiger partial charge < -0.3 is 14.8 Å². The van der Waals surface area contributed by atoms with E-state index in [4.69, 9.17) is 9.47 Å². The Morgan fingerprint density at radius 3 is 2.32 bits per heavy atom. The molecule has 2 aromatic carbocycles. The molecule has 1 N–H and O–H groups in total. The monoisotopic (exact) mass is 448 g/mol. The molecular formula is C23H32N2O5S. The molecule has 0 saturated carbocycles. The Hall–Kier alpha value is -2.74. The number of amides is 1. The summed E-state index contributed by atoms with van der Waals surface area (Å²) >= 11 is 0. The molecule has 0 fully saturated rings. The summed E-state index contributed by atoms with van der Waals surface area (Å²) in [6.45, 7) is 6.81. The van der Waals surface area contributed by atoms with Crippen molar-refractivity contribution in [2.75, 3.05) is 30.8 Å². The van der Waals surface area contributed by atoms with Crippen molar-refractivity contribution in [2.45, 2.75) is 39.2 Å². The molecule has 31 heavy (non-hydrogen) atoms. The van der Waals surface area contributed by atoms with E-state index in [0.29, 0.717) is 36.9 Å². The van der Waals surface area contributed by atoms with Crippen molar-refractivity contribution in [2.24, 2.45) is 0 Å². The van der Waals surface area contributed by atoms with Gasteiger partial charge in [-0.15, -0.1) is 0 Å². The topological polar surface area (TPSA) is 84.9 Å². The molecule has 0 aromatic heterocycles. The molecule has 0 unspecified atom stereocenters. The van der Waals surface area contributed by atoms with Crippen molar-refractivity contribution in [3.8, 4) is 11.5 Å². The first-order valence-corrected chi connectivity index (χ1v) is 12.2. The second-order valence-electron chi connectivity index (χ2n) is 7.57. The number of nitrogens with zero attached hydrogens (tertiary/aromatic N) is 1. The second kappa shape index (κ2) is 11.0. The lowest BCUT2D eigenvalue weighted by atomic mass is 10.0. The fourth-order valence-corrected chi connectivity index (χ4v) is 3.46. The first-order valence-electron chi connectivity index (χ1n) is 10.3. The van der Waals surface area contributed by atoms with Gasteiger partial charge in [0.15, 0.2) is 6.10 Å². The van der Waals surface area contributed by atoms with E-state index in [9.17, 15) is 13.2 Å². The van der Waals surface area contributed by atoms with Gasteiger partial charge in [-0.05, 0) is 48.2 Å². The number of para-hydroxylation sites is 1. The van der Waals surface area contributed by atoms with Crippen molar-refractivity contribution in [3.05, 3.63) is 54.1 Å². The Bertz CT molecular complexity index is 958. The third-order valence-electron chi connectivity index (χ3n) is 4.84. The van der Waals surface area contributed by atoms with Crippen LogP contribution in [0.2, 0.25) is 0 Å². The standard InChI is InChI=1S/C23H32N2O5S/c1-6-21(30-19-13-11-18(12-14-19)25(4)31(5,27)28)23(26)24-15-16-29-22-10-8-7-9-20(22)17(2)3/h7-14,17,21H,6,15-16H2,1-5H3,(H,24,26)/t21-/m1/s1. The second-order valence-corrected chi connectivity index (χ2v) is 9.58. The summed E-state index contributed by atoms with van der Waals surface area (Å²) in [4.78, 5) is 12.5. The molecule has 0 aliphatic rings. The van der Waals surface area contributed by atoms with Gasteiger partial charge in [0.2, 0.25) is 10.0 Å². The fraction of sp³-hybridized carbons (Fsp3) is 0.435. The Kier molecular flexibility index (Phi) is 8.74. The van der Waals surface area contributed by atoms with Crippen molar-refractivity contribution in [3.63, 3.8) is 0 Å². The summed E-state index contributed by atoms with van der Waals surface area (Å²) in [5.74, 6) is 1.46. The number of nitrogens with one attached hydrogen (secondary N) is 1. The molecule has 2 rings (SSSR count). The van der Waals surface area contributed by atoms with Crippen molar-refractivity contribution in [1.82, 2.24) is 5.32 Å². The average molecular weight is 449 g/mol. The van der Waals surface area contributed by atoms with Crippen LogP contribution in [0.1, 0.15) is 38.7 Å². The molecule has 2 aromatic rings. The van der Waals surface area contributed by atoms with Crippen LogP contribution in [0.15, 0.2) is 48.5 Å². The number of sulfonamides is 1. The normalized spacial score (nSPS) is 12.3. The van der Waals surface area contributed by atoms with Crippen LogP contribution >= 0.6 is 0 Å². The molecule has 0 spiro atoms. The maximum atomic E-state index is 12.5. The zero-order valence-electron chi connectivity index (χ0n) is 18.8. The molecule has 1 atom stereocenters. The maximum Gasteiger partial charge on any atom is 0.261 e. The zero-order chi connectivity index (χ0) is 23.0. The first kappa shape index (κ1) is 24.5. The van der Waals surface area contributed by atoms with Gasteiger partial charge in [-0.1, -0.05) is 39.0 Å². The smallest absolute Gasteiger partial charge is 0.261 e. The highest BCUT2D eigenvalue weighted by atomic mass is 32.2. The van der Waals surface area contributed by atoms with E-state index in [2.05, 4.69) is 19.2 Å². The molecule has 0 heterocycles. The quantitative estimate of drug-likeness (QED) is 0.532. The summed E-state index contributed by atoms with van der Waals surface area (Å²) in [6, 6.07) is 14.5. The van der Waals surface area contributed by atoms with Crippen LogP contribution in [-0.4, -0.2) is 46.9 Å². The summed E-state index contributed by atoms with van der Waals surface area (Å²) < 4.78 is 36.1. The SMILES string of the molecule is CC[C@@H](Oc1ccc(N(C)S(C)(=O)=O)cc1)C(=O)NCCOc1ccccc1C(C)C. The predicted molar refractivity (Wildman–Crippen MR) is 123 cm³/mol. The highest BCUT2D eigenvalue weighted by Crippen LogP contribution is 2.25. The number of benzene rings is 2. The molecule has 0 saturated heterocycles. The van der Waals surface area contributed by atoms with Crippen LogP contribution < -0.4 is 19.1 Å². The molecule has 0 aliphatic heterocycles. The minimum atomic E-state index is -3.33. The van der Waals surface area contributed by atoms with E-state index >= 15 is 0 Å². The van der Waals surface area contributed by atoms with E-state index in [1.807, 2.05) is 31.2 Å². The van der Waals surface area contributed by atoms with E-state index < -0.39 is 16.1 Å². The zero-order valence-corrected chi connectivity index (χ0v) is 19.6. The van der Waals surface area contributed by atoms with Crippen LogP contribution in [-0.2, 0) is 14.8 Å². The summed E-state index contributed by atoms with van der Waals surface area (Å²) in [5.41, 5.74) is 1.65. The lowest BCUT2D eigenvalue weighted by molar-refractivity contribution is -0.128. The Balaban J connectivity index is 1.87. The van der Waals surface area contributed by atoms with Crippen LogP contribution in [0.25, 0.3) is 0 Å². The minimum absolute atomic E-state index is 0.222. The summed E-state index contributed by atoms with van der Waals surface area (Å²) in [6.07, 6.45) is 0.981. The van der Waals surface area contributed by atoms with Gasteiger partial charge in [0.1, 0.15) is 18.1 Å². The van der Waals surface area contributed by atoms with E-state index in [0.717, 1.165) is 17.6 Å². The largest absolute Gasteiger partial charge is 0.491 e. The third-order valence-corrected chi connectivity index (χ3v) is 6.04. The van der Waals surface area contributed by atoms with E-state index in [1.165, 1.54) is 11.4 Å². The molecule has 170 valence electrons. The average Bonchev–Trinajstić information content (AvgIpc) is 2.74. The molecular weight excluding hydrogens is 416 g/mol. The van der Waals surface area contributed by atoms with Gasteiger partial charge in [-0.3, -0.25) is 9.10 Å². The van der Waals surface area contributed by atoms with E-state index in [-0.39, 0.29) is 5.91 Å². The van der Waals surface area contributed by atoms with Gasteiger partial charge in [-0.2, -0.15) is 0 Å². The van der Waals surface area contributed by atoms with Gasteiger partial charge >= 0.3 is 0 Å². The van der Waals surface area contributed by atoms with Gasteiger partial charge in [-0.25, -0.2) is 8.42 Å². The minimum Gasteiger partial charge on any atom is -0.491 e. The Morgan fingerprint density at radius 1 is 1.10 bits per heavy atom. The lowest BCUT2D eigenvalue weighted by Crippen LogP contribution is -2.39. The number of anilines is 1. The van der Waals surface area contributed by atoms with E-state index in [1.54, 1.807) is 24.3 Å². The summed E-state index contributed by atoms with van der Waals surface area (Å²) in [5, 5.41) is 2.85. The first-order chi connectivity index (χ1) is 14.6. The molecule has 1 amide bonds. The number of carbonyl (C=O) groups is 1. The Labute approximate surface area is 185 Å². The van der Waals surface area contributed by atoms with Gasteiger partial charge in [0.05, 0.1) is 18.5 Å². The maximum absolute atomic E-state index is 12.5. The fourth-order valence-electron chi connectivity index (χ4n) is 2.95. The molecule has 8 heteroatoms. The lowest BCUT2D eigenvalue weighted by Gasteiger charge is -2.20. The predicted octanol–water partition coefficient (Wildman–Crippen LogP) is 3.56. The summed E-state index contributed by atoms with van der Waals surface area (Å²) in [7, 11) is -1.85. The van der Waals surface area contributed by atoms with Crippen LogP contribution in [0, 0.1) is 0 Å². The molecule has 0 bridgehead atoms. The highest BCUT2D eigenvalue weighted by molar-refractivity contribution is 7.92. The number of hydrogen-bond donors (Lipinski definition) is 1. The number of carbonyl (C=O) groups excluding carboxylic acids is 1. The van der Waals surface area contributed by atoms with Crippen molar-refractivity contribution < 1.29 is 22.7 Å². The molecule has 7 nitrogen and oxygen atoms in total. The van der Waals surface area contributed by atoms with Gasteiger partial charge in [0.25, 0.3) is 5.91 Å². The Morgan fingerprint density at radius 2 is 1.74 bits per heavy atom. The van der Waals surface area contributed by atoms with Crippen molar-refractivity contribution >= 4 is 21.6 Å². The van der Waals surface area contributed by atoms with Crippen LogP contribution in [0.3, 0.4) is 0 Å². The van der Waals surface area contributed by atoms with Crippen LogP contribution in [0.4, 0.5) is 5.69 Å². The van der Waals surface area contributed by atoms with Crippen molar-refractivity contribution in [1.29, 1.82) is 0 Å². The highest BCUT2D eigenvalue weighted by Gasteiger charge is 2.19. The molecule has 0 radical (unpaired) electrons. The third kappa shape index (κ3) is 7.17. The molecule has 0 aliphatic carbocycles. The number of ether oxygens (including phenoxy) is 2. The van der Waals surface area contributed by atoms with Crippen LogP contribution in [0.5, 0.6) is 11.5 Å². The van der Waals surface area contributed by atoms with Gasteiger partial charge in [0, 0.05) is 7.05 Å². The number of rotatable bonds is 11.